The molecular formula is C24H25NO4. The van der Waals surface area contributed by atoms with E-state index >= 15 is 0 Å². The molecular weight excluding hydrogens is 366 g/mol. The zero-order chi connectivity index (χ0) is 21.0. The Bertz CT molecular complexity index is 1110. The fraction of sp³-hybridized carbons (Fsp3) is 0.250. The molecule has 1 aromatic heterocycles. The summed E-state index contributed by atoms with van der Waals surface area (Å²) in [5.74, 6) is -0.370. The maximum atomic E-state index is 12.9. The van der Waals surface area contributed by atoms with Gasteiger partial charge in [-0.15, -0.1) is 13.2 Å². The second-order valence-electron chi connectivity index (χ2n) is 6.68. The topological polar surface area (TPSA) is 57.5 Å². The standard InChI is InChI=1S/C24H25NO4/c1-5-8-13-20-22(24(27)28-7-3)19-15-21(29-16(4)26)17-11-9-10-12-18(17)23(19)25(20)14-6-2/h5-6,9-12,15H,1-2,7-8,13-14H2,3-4H3. The fourth-order valence-corrected chi connectivity index (χ4v) is 3.73. The molecule has 0 saturated carbocycles. The molecule has 0 amide bonds. The Balaban J connectivity index is 2.48. The minimum atomic E-state index is -0.412. The predicted molar refractivity (Wildman–Crippen MR) is 115 cm³/mol. The highest BCUT2D eigenvalue weighted by Crippen LogP contribution is 2.39. The number of nitrogens with zero attached hydrogens (tertiary/aromatic N) is 1. The third-order valence-corrected chi connectivity index (χ3v) is 4.76. The highest BCUT2D eigenvalue weighted by molar-refractivity contribution is 6.16. The van der Waals surface area contributed by atoms with Gasteiger partial charge in [-0.3, -0.25) is 4.79 Å². The Labute approximate surface area is 170 Å². The number of aromatic nitrogens is 1. The zero-order valence-electron chi connectivity index (χ0n) is 16.9. The average molecular weight is 391 g/mol. The maximum Gasteiger partial charge on any atom is 0.340 e. The van der Waals surface area contributed by atoms with Gasteiger partial charge in [0.1, 0.15) is 5.75 Å². The molecule has 29 heavy (non-hydrogen) atoms. The number of hydrogen-bond donors (Lipinski definition) is 0. The van der Waals surface area contributed by atoms with Gasteiger partial charge in [0.25, 0.3) is 0 Å². The summed E-state index contributed by atoms with van der Waals surface area (Å²) in [6, 6.07) is 9.47. The van der Waals surface area contributed by atoms with Gasteiger partial charge in [-0.2, -0.15) is 0 Å². The summed E-state index contributed by atoms with van der Waals surface area (Å²) in [7, 11) is 0. The van der Waals surface area contributed by atoms with Crippen molar-refractivity contribution >= 4 is 33.6 Å². The summed E-state index contributed by atoms with van der Waals surface area (Å²) in [6.07, 6.45) is 4.99. The number of esters is 2. The van der Waals surface area contributed by atoms with E-state index in [4.69, 9.17) is 9.47 Å². The lowest BCUT2D eigenvalue weighted by molar-refractivity contribution is -0.131. The summed E-state index contributed by atoms with van der Waals surface area (Å²) in [5.41, 5.74) is 2.27. The Morgan fingerprint density at radius 2 is 1.83 bits per heavy atom. The largest absolute Gasteiger partial charge is 0.462 e. The van der Waals surface area contributed by atoms with Crippen LogP contribution in [0.2, 0.25) is 0 Å². The first kappa shape index (κ1) is 20.4. The van der Waals surface area contributed by atoms with Crippen LogP contribution in [-0.2, 0) is 22.5 Å². The summed E-state index contributed by atoms with van der Waals surface area (Å²) >= 11 is 0. The van der Waals surface area contributed by atoms with Crippen LogP contribution in [0.25, 0.3) is 21.7 Å². The van der Waals surface area contributed by atoms with Crippen molar-refractivity contribution in [3.8, 4) is 5.75 Å². The third kappa shape index (κ3) is 3.81. The number of allylic oxidation sites excluding steroid dienone is 2. The number of hydrogen-bond acceptors (Lipinski definition) is 4. The number of rotatable bonds is 8. The molecule has 0 fully saturated rings. The summed E-state index contributed by atoms with van der Waals surface area (Å²) in [4.78, 5) is 24.6. The third-order valence-electron chi connectivity index (χ3n) is 4.76. The van der Waals surface area contributed by atoms with Crippen LogP contribution in [0.5, 0.6) is 5.75 Å². The van der Waals surface area contributed by atoms with Crippen molar-refractivity contribution in [2.75, 3.05) is 6.61 Å². The van der Waals surface area contributed by atoms with Gasteiger partial charge in [-0.25, -0.2) is 4.79 Å². The van der Waals surface area contributed by atoms with Crippen LogP contribution >= 0.6 is 0 Å². The van der Waals surface area contributed by atoms with Crippen LogP contribution in [0.4, 0.5) is 0 Å². The van der Waals surface area contributed by atoms with Crippen molar-refractivity contribution < 1.29 is 19.1 Å². The van der Waals surface area contributed by atoms with Crippen LogP contribution in [0.3, 0.4) is 0 Å². The lowest BCUT2D eigenvalue weighted by Crippen LogP contribution is -2.10. The molecule has 150 valence electrons. The van der Waals surface area contributed by atoms with Gasteiger partial charge >= 0.3 is 11.9 Å². The van der Waals surface area contributed by atoms with Crippen LogP contribution in [0.15, 0.2) is 55.6 Å². The van der Waals surface area contributed by atoms with Crippen molar-refractivity contribution in [3.05, 3.63) is 66.9 Å². The first-order valence-electron chi connectivity index (χ1n) is 9.67. The summed E-state index contributed by atoms with van der Waals surface area (Å²) in [6.45, 7) is 11.7. The monoisotopic (exact) mass is 391 g/mol. The number of fused-ring (bicyclic) bond motifs is 3. The second-order valence-corrected chi connectivity index (χ2v) is 6.68. The van der Waals surface area contributed by atoms with Crippen LogP contribution in [0.1, 0.15) is 36.3 Å². The number of ether oxygens (including phenoxy) is 2. The van der Waals surface area contributed by atoms with Crippen molar-refractivity contribution in [1.82, 2.24) is 4.57 Å². The quantitative estimate of drug-likeness (QED) is 0.301. The normalized spacial score (nSPS) is 10.8. The molecule has 0 bridgehead atoms. The van der Waals surface area contributed by atoms with Gasteiger partial charge in [0.2, 0.25) is 0 Å². The molecule has 3 aromatic rings. The smallest absolute Gasteiger partial charge is 0.340 e. The predicted octanol–water partition coefficient (Wildman–Crippen LogP) is 5.20. The van der Waals surface area contributed by atoms with Crippen LogP contribution < -0.4 is 4.74 Å². The van der Waals surface area contributed by atoms with E-state index in [1.165, 1.54) is 6.92 Å². The SMILES string of the molecule is C=CCCc1c(C(=O)OCC)c2cc(OC(C)=O)c3ccccc3c2n1CC=C. The Morgan fingerprint density at radius 1 is 1.10 bits per heavy atom. The van der Waals surface area contributed by atoms with Crippen molar-refractivity contribution in [3.63, 3.8) is 0 Å². The van der Waals surface area contributed by atoms with Gasteiger partial charge < -0.3 is 14.0 Å². The highest BCUT2D eigenvalue weighted by Gasteiger charge is 2.25. The van der Waals surface area contributed by atoms with Crippen molar-refractivity contribution in [1.29, 1.82) is 0 Å². The number of carbonyl (C=O) groups excluding carboxylic acids is 2. The molecule has 0 aliphatic carbocycles. The molecule has 3 rings (SSSR count). The molecule has 0 aliphatic heterocycles. The van der Waals surface area contributed by atoms with Crippen molar-refractivity contribution in [2.24, 2.45) is 0 Å². The first-order valence-corrected chi connectivity index (χ1v) is 9.67. The first-order chi connectivity index (χ1) is 14.0. The van der Waals surface area contributed by atoms with Gasteiger partial charge in [-0.05, 0) is 25.8 Å². The van der Waals surface area contributed by atoms with Gasteiger partial charge in [-0.1, -0.05) is 36.4 Å². The molecule has 0 radical (unpaired) electrons. The van der Waals surface area contributed by atoms with Crippen molar-refractivity contribution in [2.45, 2.75) is 33.2 Å². The minimum Gasteiger partial charge on any atom is -0.462 e. The Kier molecular flexibility index (Phi) is 6.17. The summed E-state index contributed by atoms with van der Waals surface area (Å²) in [5, 5.41) is 2.42. The van der Waals surface area contributed by atoms with Gasteiger partial charge in [0.15, 0.2) is 0 Å². The second kappa shape index (κ2) is 8.78. The molecule has 0 N–H and O–H groups in total. The molecule has 0 unspecified atom stereocenters. The van der Waals surface area contributed by atoms with E-state index < -0.39 is 5.97 Å². The molecule has 0 aliphatic rings. The molecule has 0 spiro atoms. The number of carbonyl (C=O) groups is 2. The average Bonchev–Trinajstić information content (AvgIpc) is 3.00. The minimum absolute atomic E-state index is 0.276. The van der Waals surface area contributed by atoms with E-state index in [9.17, 15) is 9.59 Å². The summed E-state index contributed by atoms with van der Waals surface area (Å²) < 4.78 is 12.9. The van der Waals surface area contributed by atoms with E-state index in [1.54, 1.807) is 19.1 Å². The van der Waals surface area contributed by atoms with E-state index in [1.807, 2.05) is 30.3 Å². The molecule has 2 aromatic carbocycles. The Hall–Kier alpha value is -3.34. The van der Waals surface area contributed by atoms with Crippen LogP contribution in [0, 0.1) is 0 Å². The fourth-order valence-electron chi connectivity index (χ4n) is 3.73. The number of benzene rings is 2. The van der Waals surface area contributed by atoms with E-state index in [2.05, 4.69) is 17.7 Å². The molecule has 0 atom stereocenters. The maximum absolute atomic E-state index is 12.9. The molecule has 0 saturated heterocycles. The van der Waals surface area contributed by atoms with Gasteiger partial charge in [0.05, 0.1) is 17.7 Å². The zero-order valence-corrected chi connectivity index (χ0v) is 16.9. The van der Waals surface area contributed by atoms with E-state index in [0.717, 1.165) is 22.0 Å². The lowest BCUT2D eigenvalue weighted by Gasteiger charge is -2.11. The van der Waals surface area contributed by atoms with E-state index in [-0.39, 0.29) is 12.6 Å². The lowest BCUT2D eigenvalue weighted by atomic mass is 10.0. The van der Waals surface area contributed by atoms with Crippen LogP contribution in [-0.4, -0.2) is 23.1 Å². The molecule has 1 heterocycles. The van der Waals surface area contributed by atoms with E-state index in [0.29, 0.717) is 36.1 Å². The molecule has 5 heteroatoms. The molecule has 5 nitrogen and oxygen atoms in total. The van der Waals surface area contributed by atoms with Gasteiger partial charge in [0, 0.05) is 35.3 Å². The highest BCUT2D eigenvalue weighted by atomic mass is 16.5. The Morgan fingerprint density at radius 3 is 2.45 bits per heavy atom.